The second-order valence-corrected chi connectivity index (χ2v) is 5.57. The first-order chi connectivity index (χ1) is 8.61. The van der Waals surface area contributed by atoms with Crippen LogP contribution in [0.4, 0.5) is 0 Å². The van der Waals surface area contributed by atoms with Crippen molar-refractivity contribution in [2.24, 2.45) is 0 Å². The molecule has 0 heterocycles. The lowest BCUT2D eigenvalue weighted by Gasteiger charge is -2.21. The largest absolute Gasteiger partial charge is 0.335 e. The van der Waals surface area contributed by atoms with Gasteiger partial charge in [0.05, 0.1) is 12.5 Å². The number of amides is 1. The van der Waals surface area contributed by atoms with Crippen molar-refractivity contribution >= 4 is 21.8 Å². The molecule has 3 nitrogen and oxygen atoms in total. The molecular formula is C14H15BrN2O. The molecule has 0 bridgehead atoms. The Morgan fingerprint density at radius 3 is 2.78 bits per heavy atom. The first-order valence-electron chi connectivity index (χ1n) is 6.07. The lowest BCUT2D eigenvalue weighted by molar-refractivity contribution is 0.0746. The van der Waals surface area contributed by atoms with E-state index in [0.717, 1.165) is 22.9 Å². The van der Waals surface area contributed by atoms with Gasteiger partial charge in [-0.15, -0.1) is 0 Å². The van der Waals surface area contributed by atoms with E-state index in [1.165, 1.54) is 0 Å². The molecule has 94 valence electrons. The Morgan fingerprint density at radius 1 is 1.50 bits per heavy atom. The highest BCUT2D eigenvalue weighted by Crippen LogP contribution is 2.29. The fraction of sp³-hybridized carbons (Fsp3) is 0.429. The van der Waals surface area contributed by atoms with E-state index in [9.17, 15) is 4.79 Å². The highest BCUT2D eigenvalue weighted by Gasteiger charge is 2.32. The van der Waals surface area contributed by atoms with Crippen LogP contribution in [0.3, 0.4) is 0 Å². The van der Waals surface area contributed by atoms with Gasteiger partial charge in [0.25, 0.3) is 5.91 Å². The number of rotatable bonds is 4. The third-order valence-corrected chi connectivity index (χ3v) is 3.46. The Kier molecular flexibility index (Phi) is 4.03. The van der Waals surface area contributed by atoms with Crippen molar-refractivity contribution in [1.29, 1.82) is 5.26 Å². The molecular weight excluding hydrogens is 292 g/mol. The number of carbonyl (C=O) groups excluding carboxylic acids is 1. The van der Waals surface area contributed by atoms with Crippen LogP contribution in [-0.4, -0.2) is 23.4 Å². The highest BCUT2D eigenvalue weighted by atomic mass is 79.9. The molecule has 1 aromatic rings. The van der Waals surface area contributed by atoms with Crippen molar-refractivity contribution in [3.63, 3.8) is 0 Å². The molecule has 18 heavy (non-hydrogen) atoms. The predicted octanol–water partition coefficient (Wildman–Crippen LogP) is 3.28. The summed E-state index contributed by atoms with van der Waals surface area (Å²) in [4.78, 5) is 14.3. The summed E-state index contributed by atoms with van der Waals surface area (Å²) in [5.41, 5.74) is 1.76. The molecule has 1 aliphatic carbocycles. The normalized spacial score (nSPS) is 14.1. The van der Waals surface area contributed by atoms with E-state index in [0.29, 0.717) is 24.6 Å². The van der Waals surface area contributed by atoms with Crippen LogP contribution in [0.2, 0.25) is 0 Å². The van der Waals surface area contributed by atoms with Crippen molar-refractivity contribution in [3.8, 4) is 6.07 Å². The molecule has 4 heteroatoms. The van der Waals surface area contributed by atoms with Crippen LogP contribution in [0, 0.1) is 18.3 Å². The average molecular weight is 307 g/mol. The fourth-order valence-electron chi connectivity index (χ4n) is 2.03. The van der Waals surface area contributed by atoms with Gasteiger partial charge in [-0.2, -0.15) is 5.26 Å². The van der Waals surface area contributed by atoms with E-state index in [-0.39, 0.29) is 5.91 Å². The number of hydrogen-bond acceptors (Lipinski definition) is 2. The molecule has 0 atom stereocenters. The van der Waals surface area contributed by atoms with Crippen molar-refractivity contribution in [2.75, 3.05) is 6.54 Å². The number of halogens is 1. The zero-order valence-electron chi connectivity index (χ0n) is 10.3. The molecule has 0 spiro atoms. The van der Waals surface area contributed by atoms with Gasteiger partial charge >= 0.3 is 0 Å². The fourth-order valence-corrected chi connectivity index (χ4v) is 2.64. The van der Waals surface area contributed by atoms with E-state index in [4.69, 9.17) is 5.26 Å². The second-order valence-electron chi connectivity index (χ2n) is 4.66. The van der Waals surface area contributed by atoms with Crippen LogP contribution >= 0.6 is 15.9 Å². The maximum Gasteiger partial charge on any atom is 0.254 e. The van der Waals surface area contributed by atoms with E-state index >= 15 is 0 Å². The van der Waals surface area contributed by atoms with Gasteiger partial charge in [-0.05, 0) is 43.5 Å². The predicted molar refractivity (Wildman–Crippen MR) is 73.2 cm³/mol. The summed E-state index contributed by atoms with van der Waals surface area (Å²) in [5, 5.41) is 8.66. The van der Waals surface area contributed by atoms with Crippen LogP contribution in [0.25, 0.3) is 0 Å². The zero-order chi connectivity index (χ0) is 13.1. The third-order valence-electron chi connectivity index (χ3n) is 3.00. The minimum atomic E-state index is 0.0390. The smallest absolute Gasteiger partial charge is 0.254 e. The topological polar surface area (TPSA) is 44.1 Å². The summed E-state index contributed by atoms with van der Waals surface area (Å²) in [6.45, 7) is 2.50. The molecule has 0 N–H and O–H groups in total. The molecule has 1 saturated carbocycles. The quantitative estimate of drug-likeness (QED) is 0.857. The van der Waals surface area contributed by atoms with Gasteiger partial charge < -0.3 is 4.90 Å². The summed E-state index contributed by atoms with van der Waals surface area (Å²) < 4.78 is 0.918. The van der Waals surface area contributed by atoms with E-state index in [2.05, 4.69) is 22.0 Å². The second kappa shape index (κ2) is 5.53. The Morgan fingerprint density at radius 2 is 2.22 bits per heavy atom. The molecule has 0 saturated heterocycles. The van der Waals surface area contributed by atoms with Crippen LogP contribution in [-0.2, 0) is 0 Å². The van der Waals surface area contributed by atoms with Crippen LogP contribution in [0.1, 0.15) is 35.2 Å². The minimum absolute atomic E-state index is 0.0390. The summed E-state index contributed by atoms with van der Waals surface area (Å²) in [5.74, 6) is 0.0390. The molecule has 1 aliphatic rings. The lowest BCUT2D eigenvalue weighted by Crippen LogP contribution is -2.34. The summed E-state index contributed by atoms with van der Waals surface area (Å²) >= 11 is 3.41. The van der Waals surface area contributed by atoms with Gasteiger partial charge in [0.1, 0.15) is 0 Å². The van der Waals surface area contributed by atoms with Crippen molar-refractivity contribution in [2.45, 2.75) is 32.2 Å². The van der Waals surface area contributed by atoms with E-state index in [1.807, 2.05) is 30.0 Å². The van der Waals surface area contributed by atoms with Gasteiger partial charge in [0.15, 0.2) is 0 Å². The van der Waals surface area contributed by atoms with Crippen molar-refractivity contribution in [3.05, 3.63) is 33.8 Å². The Hall–Kier alpha value is -1.34. The number of hydrogen-bond donors (Lipinski definition) is 0. The molecule has 1 fully saturated rings. The standard InChI is InChI=1S/C14H15BrN2O/c1-10-7-11(9-12(15)8-10)14(18)17(6-2-5-16)13-3-4-13/h7-9,13H,2-4,6H2,1H3. The van der Waals surface area contributed by atoms with Gasteiger partial charge in [0, 0.05) is 22.6 Å². The maximum atomic E-state index is 12.4. The molecule has 1 amide bonds. The first kappa shape index (κ1) is 13.1. The Bertz CT molecular complexity index is 483. The van der Waals surface area contributed by atoms with Crippen LogP contribution < -0.4 is 0 Å². The maximum absolute atomic E-state index is 12.4. The van der Waals surface area contributed by atoms with Gasteiger partial charge in [-0.25, -0.2) is 0 Å². The van der Waals surface area contributed by atoms with E-state index < -0.39 is 0 Å². The van der Waals surface area contributed by atoms with Crippen LogP contribution in [0.15, 0.2) is 22.7 Å². The zero-order valence-corrected chi connectivity index (χ0v) is 11.9. The van der Waals surface area contributed by atoms with E-state index in [1.54, 1.807) is 0 Å². The summed E-state index contributed by atoms with van der Waals surface area (Å²) in [6, 6.07) is 8.17. The van der Waals surface area contributed by atoms with Gasteiger partial charge in [-0.1, -0.05) is 15.9 Å². The number of benzene rings is 1. The highest BCUT2D eigenvalue weighted by molar-refractivity contribution is 9.10. The number of aryl methyl sites for hydroxylation is 1. The van der Waals surface area contributed by atoms with Crippen molar-refractivity contribution < 1.29 is 4.79 Å². The van der Waals surface area contributed by atoms with Crippen LogP contribution in [0.5, 0.6) is 0 Å². The van der Waals surface area contributed by atoms with Gasteiger partial charge in [0.2, 0.25) is 0 Å². The Balaban J connectivity index is 2.19. The molecule has 0 aromatic heterocycles. The van der Waals surface area contributed by atoms with Gasteiger partial charge in [-0.3, -0.25) is 4.79 Å². The number of carbonyl (C=O) groups is 1. The molecule has 0 radical (unpaired) electrons. The molecule has 0 unspecified atom stereocenters. The number of nitrogens with zero attached hydrogens (tertiary/aromatic N) is 2. The molecule has 1 aromatic carbocycles. The SMILES string of the molecule is Cc1cc(Br)cc(C(=O)N(CCC#N)C2CC2)c1. The molecule has 2 rings (SSSR count). The van der Waals surface area contributed by atoms with Crippen molar-refractivity contribution in [1.82, 2.24) is 4.90 Å². The third kappa shape index (κ3) is 3.11. The Labute approximate surface area is 116 Å². The summed E-state index contributed by atoms with van der Waals surface area (Å²) in [7, 11) is 0. The number of nitriles is 1. The lowest BCUT2D eigenvalue weighted by atomic mass is 10.1. The summed E-state index contributed by atoms with van der Waals surface area (Å²) in [6.07, 6.45) is 2.52. The average Bonchev–Trinajstić information content (AvgIpc) is 3.12. The minimum Gasteiger partial charge on any atom is -0.335 e. The monoisotopic (exact) mass is 306 g/mol. The first-order valence-corrected chi connectivity index (χ1v) is 6.86. The molecule has 0 aliphatic heterocycles.